The number of halogens is 5. The van der Waals surface area contributed by atoms with Crippen LogP contribution in [0.25, 0.3) is 0 Å². The summed E-state index contributed by atoms with van der Waals surface area (Å²) >= 11 is 13.0. The lowest BCUT2D eigenvalue weighted by Crippen LogP contribution is -2.45. The van der Waals surface area contributed by atoms with Crippen LogP contribution in [0.3, 0.4) is 0 Å². The molecule has 160 valence electrons. The summed E-state index contributed by atoms with van der Waals surface area (Å²) in [7, 11) is 1.32. The van der Waals surface area contributed by atoms with E-state index in [1.54, 1.807) is 24.3 Å². The number of hydrogen-bond donors (Lipinski definition) is 0. The SMILES string of the molecule is CN(c1ncc(C(F)(F)F)cc1Cl)N1C(=O)C2=CN=C(c3ccc(Cl)cc3)S[C@@H]2C1=O. The molecule has 4 rings (SSSR count). The highest BCUT2D eigenvalue weighted by Crippen LogP contribution is 2.39. The van der Waals surface area contributed by atoms with Crippen LogP contribution in [-0.4, -0.2) is 39.1 Å². The summed E-state index contributed by atoms with van der Waals surface area (Å²) in [4.78, 5) is 33.8. The first kappa shape index (κ1) is 21.7. The van der Waals surface area contributed by atoms with Gasteiger partial charge in [-0.05, 0) is 18.2 Å². The number of alkyl halides is 3. The summed E-state index contributed by atoms with van der Waals surface area (Å²) in [6.07, 6.45) is -2.72. The second-order valence-corrected chi connectivity index (χ2v) is 8.47. The Labute approximate surface area is 188 Å². The number of amides is 2. The third kappa shape index (κ3) is 3.90. The van der Waals surface area contributed by atoms with Gasteiger partial charge in [0.25, 0.3) is 11.8 Å². The van der Waals surface area contributed by atoms with E-state index in [2.05, 4.69) is 9.98 Å². The lowest BCUT2D eigenvalue weighted by atomic mass is 10.2. The molecular formula is C19H11Cl2F3N4O2S. The Hall–Kier alpha value is -2.56. The smallest absolute Gasteiger partial charge is 0.271 e. The number of carbonyl (C=O) groups excluding carboxylic acids is 2. The number of benzene rings is 1. The van der Waals surface area contributed by atoms with Crippen molar-refractivity contribution in [2.75, 3.05) is 12.1 Å². The molecule has 6 nitrogen and oxygen atoms in total. The van der Waals surface area contributed by atoms with Crippen LogP contribution < -0.4 is 5.01 Å². The number of hydrogen-bond acceptors (Lipinski definition) is 6. The minimum atomic E-state index is -4.63. The molecule has 0 spiro atoms. The molecule has 2 aliphatic rings. The quantitative estimate of drug-likeness (QED) is 0.594. The number of aromatic nitrogens is 1. The van der Waals surface area contributed by atoms with Crippen molar-refractivity contribution >= 4 is 57.6 Å². The fourth-order valence-corrected chi connectivity index (χ4v) is 4.54. The molecule has 2 amide bonds. The van der Waals surface area contributed by atoms with Crippen molar-refractivity contribution in [1.82, 2.24) is 9.99 Å². The monoisotopic (exact) mass is 486 g/mol. The predicted molar refractivity (Wildman–Crippen MR) is 112 cm³/mol. The van der Waals surface area contributed by atoms with E-state index in [1.807, 2.05) is 0 Å². The fraction of sp³-hybridized carbons (Fsp3) is 0.158. The molecule has 1 fully saturated rings. The molecule has 1 aromatic heterocycles. The van der Waals surface area contributed by atoms with E-state index in [0.717, 1.165) is 27.3 Å². The number of hydrazine groups is 1. The van der Waals surface area contributed by atoms with Gasteiger partial charge in [-0.1, -0.05) is 47.1 Å². The Bertz CT molecular complexity index is 1150. The first-order chi connectivity index (χ1) is 14.6. The summed E-state index contributed by atoms with van der Waals surface area (Å²) in [5.74, 6) is -1.40. The van der Waals surface area contributed by atoms with Crippen molar-refractivity contribution in [3.8, 4) is 0 Å². The fourth-order valence-electron chi connectivity index (χ4n) is 3.02. The molecule has 1 saturated heterocycles. The minimum Gasteiger partial charge on any atom is -0.271 e. The molecule has 1 atom stereocenters. The maximum atomic E-state index is 13.0. The van der Waals surface area contributed by atoms with Gasteiger partial charge in [-0.25, -0.2) is 9.98 Å². The third-order valence-corrected chi connectivity index (χ3v) is 6.34. The summed E-state index contributed by atoms with van der Waals surface area (Å²) < 4.78 is 38.6. The molecule has 0 unspecified atom stereocenters. The van der Waals surface area contributed by atoms with Gasteiger partial charge in [0.05, 0.1) is 16.2 Å². The van der Waals surface area contributed by atoms with Gasteiger partial charge in [-0.15, -0.1) is 0 Å². The Balaban J connectivity index is 1.60. The average molecular weight is 487 g/mol. The van der Waals surface area contributed by atoms with E-state index < -0.39 is 28.8 Å². The molecule has 31 heavy (non-hydrogen) atoms. The molecule has 1 aromatic carbocycles. The maximum absolute atomic E-state index is 13.0. The van der Waals surface area contributed by atoms with E-state index in [9.17, 15) is 22.8 Å². The molecule has 12 heteroatoms. The van der Waals surface area contributed by atoms with E-state index in [1.165, 1.54) is 13.2 Å². The van der Waals surface area contributed by atoms with Gasteiger partial charge in [0.1, 0.15) is 10.3 Å². The summed E-state index contributed by atoms with van der Waals surface area (Å²) in [5.41, 5.74) is -0.159. The van der Waals surface area contributed by atoms with Crippen molar-refractivity contribution in [3.63, 3.8) is 0 Å². The first-order valence-electron chi connectivity index (χ1n) is 8.63. The molecule has 0 aliphatic carbocycles. The number of pyridine rings is 1. The molecule has 0 saturated carbocycles. The Kier molecular flexibility index (Phi) is 5.48. The van der Waals surface area contributed by atoms with E-state index >= 15 is 0 Å². The van der Waals surface area contributed by atoms with Crippen LogP contribution in [0.1, 0.15) is 11.1 Å². The van der Waals surface area contributed by atoms with Crippen LogP contribution in [0.4, 0.5) is 19.0 Å². The second kappa shape index (κ2) is 7.85. The topological polar surface area (TPSA) is 65.9 Å². The van der Waals surface area contributed by atoms with E-state index in [4.69, 9.17) is 23.2 Å². The Morgan fingerprint density at radius 1 is 1.16 bits per heavy atom. The molecular weight excluding hydrogens is 476 g/mol. The number of imide groups is 1. The lowest BCUT2D eigenvalue weighted by molar-refractivity contribution is -0.139. The minimum absolute atomic E-state index is 0.155. The van der Waals surface area contributed by atoms with Gasteiger partial charge in [-0.3, -0.25) is 14.6 Å². The molecule has 0 radical (unpaired) electrons. The zero-order valence-electron chi connectivity index (χ0n) is 15.5. The summed E-state index contributed by atoms with van der Waals surface area (Å²) in [6, 6.07) is 7.53. The van der Waals surface area contributed by atoms with Crippen LogP contribution in [0.2, 0.25) is 10.0 Å². The van der Waals surface area contributed by atoms with Gasteiger partial charge in [0.2, 0.25) is 0 Å². The second-order valence-electron chi connectivity index (χ2n) is 6.53. The zero-order chi connectivity index (χ0) is 22.5. The zero-order valence-corrected chi connectivity index (χ0v) is 17.9. The number of carbonyl (C=O) groups is 2. The number of aliphatic imine (C=N–C) groups is 1. The maximum Gasteiger partial charge on any atom is 0.417 e. The van der Waals surface area contributed by atoms with Gasteiger partial charge in [0.15, 0.2) is 5.82 Å². The predicted octanol–water partition coefficient (Wildman–Crippen LogP) is 4.57. The number of fused-ring (bicyclic) bond motifs is 1. The molecule has 0 N–H and O–H groups in total. The van der Waals surface area contributed by atoms with Crippen LogP contribution in [-0.2, 0) is 15.8 Å². The van der Waals surface area contributed by atoms with Gasteiger partial charge in [0, 0.05) is 30.0 Å². The molecule has 3 heterocycles. The molecule has 2 aliphatic heterocycles. The van der Waals surface area contributed by atoms with E-state index in [-0.39, 0.29) is 16.4 Å². The van der Waals surface area contributed by atoms with Crippen molar-refractivity contribution in [3.05, 3.63) is 69.5 Å². The third-order valence-electron chi connectivity index (χ3n) is 4.55. The van der Waals surface area contributed by atoms with Gasteiger partial charge >= 0.3 is 6.18 Å². The standard InChI is InChI=1S/C19H11Cl2F3N4O2S/c1-27(15-13(21)6-10(7-25-15)19(22,23)24)28-17(29)12-8-26-16(31-14(12)18(28)30)9-2-4-11(20)5-3-9/h2-8,14H,1H3/t14-/m0/s1. The number of rotatable bonds is 3. The lowest BCUT2D eigenvalue weighted by Gasteiger charge is -2.27. The highest BCUT2D eigenvalue weighted by Gasteiger charge is 2.48. The summed E-state index contributed by atoms with van der Waals surface area (Å²) in [5, 5.41) is 1.70. The normalized spacial score (nSPS) is 18.6. The average Bonchev–Trinajstić information content (AvgIpc) is 2.97. The number of nitrogens with zero attached hydrogens (tertiary/aromatic N) is 4. The van der Waals surface area contributed by atoms with Gasteiger partial charge in [-0.2, -0.15) is 18.2 Å². The van der Waals surface area contributed by atoms with Crippen molar-refractivity contribution in [1.29, 1.82) is 0 Å². The van der Waals surface area contributed by atoms with Crippen LogP contribution in [0.5, 0.6) is 0 Å². The highest BCUT2D eigenvalue weighted by molar-refractivity contribution is 8.15. The van der Waals surface area contributed by atoms with Crippen LogP contribution >= 0.6 is 35.0 Å². The van der Waals surface area contributed by atoms with Crippen molar-refractivity contribution in [2.45, 2.75) is 11.4 Å². The Morgan fingerprint density at radius 2 is 1.84 bits per heavy atom. The van der Waals surface area contributed by atoms with Crippen LogP contribution in [0, 0.1) is 0 Å². The number of anilines is 1. The van der Waals surface area contributed by atoms with E-state index in [0.29, 0.717) is 22.3 Å². The summed E-state index contributed by atoms with van der Waals surface area (Å²) in [6.45, 7) is 0. The highest BCUT2D eigenvalue weighted by atomic mass is 35.5. The number of thioether (sulfide) groups is 1. The van der Waals surface area contributed by atoms with Crippen molar-refractivity contribution < 1.29 is 22.8 Å². The largest absolute Gasteiger partial charge is 0.417 e. The van der Waals surface area contributed by atoms with Crippen molar-refractivity contribution in [2.24, 2.45) is 4.99 Å². The van der Waals surface area contributed by atoms with Gasteiger partial charge < -0.3 is 0 Å². The Morgan fingerprint density at radius 3 is 2.45 bits per heavy atom. The molecule has 0 bridgehead atoms. The first-order valence-corrected chi connectivity index (χ1v) is 10.3. The van der Waals surface area contributed by atoms with Crippen LogP contribution in [0.15, 0.2) is 53.3 Å². The molecule has 2 aromatic rings.